The molecule has 4 nitrogen and oxygen atoms in total. The number of hydrogen-bond donors (Lipinski definition) is 1. The van der Waals surface area contributed by atoms with Crippen LogP contribution in [0.15, 0.2) is 36.4 Å². The molecule has 2 aromatic rings. The van der Waals surface area contributed by atoms with Crippen molar-refractivity contribution in [3.8, 4) is 5.75 Å². The van der Waals surface area contributed by atoms with Gasteiger partial charge in [-0.3, -0.25) is 9.80 Å². The third kappa shape index (κ3) is 3.52. The molecule has 2 N–H and O–H groups in total. The number of ether oxygens (including phenoxy) is 1. The van der Waals surface area contributed by atoms with Crippen molar-refractivity contribution in [1.82, 2.24) is 9.80 Å². The van der Waals surface area contributed by atoms with Crippen LogP contribution in [0.1, 0.15) is 41.6 Å². The summed E-state index contributed by atoms with van der Waals surface area (Å²) in [4.78, 5) is 4.68. The highest BCUT2D eigenvalue weighted by Crippen LogP contribution is 2.41. The third-order valence-corrected chi connectivity index (χ3v) is 6.08. The van der Waals surface area contributed by atoms with E-state index >= 15 is 0 Å². The van der Waals surface area contributed by atoms with Crippen molar-refractivity contribution in [2.75, 3.05) is 33.3 Å². The van der Waals surface area contributed by atoms with Crippen molar-refractivity contribution in [2.45, 2.75) is 31.5 Å². The molecule has 1 fully saturated rings. The van der Waals surface area contributed by atoms with Crippen molar-refractivity contribution >= 4 is 0 Å². The van der Waals surface area contributed by atoms with E-state index in [4.69, 9.17) is 10.5 Å². The van der Waals surface area contributed by atoms with Crippen molar-refractivity contribution in [3.63, 3.8) is 0 Å². The lowest BCUT2D eigenvalue weighted by molar-refractivity contribution is 0.133. The van der Waals surface area contributed by atoms with Crippen LogP contribution in [0.4, 0.5) is 8.78 Å². The Hall–Kier alpha value is -2.02. The Labute approximate surface area is 164 Å². The van der Waals surface area contributed by atoms with Crippen molar-refractivity contribution in [1.29, 1.82) is 0 Å². The topological polar surface area (TPSA) is 41.7 Å². The van der Waals surface area contributed by atoms with Crippen LogP contribution < -0.4 is 10.5 Å². The molecule has 2 aromatic carbocycles. The normalized spacial score (nSPS) is 21.1. The molecule has 0 radical (unpaired) electrons. The predicted octanol–water partition coefficient (Wildman–Crippen LogP) is 3.63. The Bertz CT molecular complexity index is 821. The number of rotatable bonds is 6. The molecular weight excluding hydrogens is 360 g/mol. The van der Waals surface area contributed by atoms with E-state index in [1.807, 2.05) is 12.1 Å². The minimum atomic E-state index is -0.232. The zero-order valence-corrected chi connectivity index (χ0v) is 16.2. The summed E-state index contributed by atoms with van der Waals surface area (Å²) >= 11 is 0. The standard InChI is InChI=1S/C22H27F2N3O/c1-28-21-9-8-18(24)22-17(21)13-27(19(22)12-25)14-20(26-10-2-3-11-26)15-4-6-16(23)7-5-15/h4-9,19-20H,2-3,10-14,25H2,1H3. The molecule has 1 saturated heterocycles. The van der Waals surface area contributed by atoms with E-state index in [2.05, 4.69) is 9.80 Å². The molecular formula is C22H27F2N3O. The van der Waals surface area contributed by atoms with Crippen LogP contribution in [-0.4, -0.2) is 43.1 Å². The fraction of sp³-hybridized carbons (Fsp3) is 0.455. The SMILES string of the molecule is COc1ccc(F)c2c1CN(CC(c1ccc(F)cc1)N1CCCC1)C2CN. The molecule has 0 saturated carbocycles. The second-order valence-corrected chi connectivity index (χ2v) is 7.63. The maximum Gasteiger partial charge on any atom is 0.128 e. The second kappa shape index (κ2) is 8.15. The summed E-state index contributed by atoms with van der Waals surface area (Å²) in [7, 11) is 1.61. The van der Waals surface area contributed by atoms with Gasteiger partial charge in [-0.15, -0.1) is 0 Å². The van der Waals surface area contributed by atoms with Gasteiger partial charge in [-0.05, 0) is 55.8 Å². The molecule has 150 valence electrons. The third-order valence-electron chi connectivity index (χ3n) is 6.08. The molecule has 0 spiro atoms. The van der Waals surface area contributed by atoms with Crippen LogP contribution in [0.5, 0.6) is 5.75 Å². The fourth-order valence-electron chi connectivity index (χ4n) is 4.68. The molecule has 4 rings (SSSR count). The summed E-state index contributed by atoms with van der Waals surface area (Å²) in [6.45, 7) is 3.70. The predicted molar refractivity (Wildman–Crippen MR) is 105 cm³/mol. The molecule has 0 aliphatic carbocycles. The van der Waals surface area contributed by atoms with Gasteiger partial charge in [0.15, 0.2) is 0 Å². The first-order valence-electron chi connectivity index (χ1n) is 9.91. The number of nitrogens with two attached hydrogens (primary N) is 1. The molecule has 0 amide bonds. The Kier molecular flexibility index (Phi) is 5.62. The molecule has 0 aromatic heterocycles. The Morgan fingerprint density at radius 1 is 1.11 bits per heavy atom. The quantitative estimate of drug-likeness (QED) is 0.822. The lowest BCUT2D eigenvalue weighted by Gasteiger charge is -2.34. The van der Waals surface area contributed by atoms with Gasteiger partial charge in [0.2, 0.25) is 0 Å². The number of halogens is 2. The van der Waals surface area contributed by atoms with Crippen molar-refractivity contribution in [3.05, 3.63) is 64.7 Å². The lowest BCUT2D eigenvalue weighted by atomic mass is 10.0. The lowest BCUT2D eigenvalue weighted by Crippen LogP contribution is -2.38. The Balaban J connectivity index is 1.65. The fourth-order valence-corrected chi connectivity index (χ4v) is 4.68. The first-order valence-corrected chi connectivity index (χ1v) is 9.91. The largest absolute Gasteiger partial charge is 0.496 e. The Morgan fingerprint density at radius 2 is 1.82 bits per heavy atom. The van der Waals surface area contributed by atoms with E-state index in [1.54, 1.807) is 13.2 Å². The molecule has 2 unspecified atom stereocenters. The van der Waals surface area contributed by atoms with Crippen molar-refractivity contribution in [2.24, 2.45) is 5.73 Å². The van der Waals surface area contributed by atoms with Crippen LogP contribution in [0.3, 0.4) is 0 Å². The summed E-state index contributed by atoms with van der Waals surface area (Å²) in [5, 5.41) is 0. The summed E-state index contributed by atoms with van der Waals surface area (Å²) in [6.07, 6.45) is 2.33. The minimum Gasteiger partial charge on any atom is -0.496 e. The van der Waals surface area contributed by atoms with Gasteiger partial charge in [0, 0.05) is 36.8 Å². The smallest absolute Gasteiger partial charge is 0.128 e. The number of nitrogens with zero attached hydrogens (tertiary/aromatic N) is 2. The van der Waals surface area contributed by atoms with E-state index in [1.165, 1.54) is 31.0 Å². The zero-order valence-electron chi connectivity index (χ0n) is 16.2. The summed E-state index contributed by atoms with van der Waals surface area (Å²) in [6, 6.07) is 9.84. The van der Waals surface area contributed by atoms with Crippen LogP contribution in [0.2, 0.25) is 0 Å². The van der Waals surface area contributed by atoms with Crippen LogP contribution >= 0.6 is 0 Å². The number of methoxy groups -OCH3 is 1. The summed E-state index contributed by atoms with van der Waals surface area (Å²) < 4.78 is 33.6. The van der Waals surface area contributed by atoms with Crippen LogP contribution in [-0.2, 0) is 6.54 Å². The van der Waals surface area contributed by atoms with Gasteiger partial charge in [-0.2, -0.15) is 0 Å². The molecule has 2 aliphatic rings. The molecule has 2 heterocycles. The first-order chi connectivity index (χ1) is 13.6. The first kappa shape index (κ1) is 19.3. The molecule has 2 aliphatic heterocycles. The highest BCUT2D eigenvalue weighted by Gasteiger charge is 2.37. The molecule has 0 bridgehead atoms. The molecule has 28 heavy (non-hydrogen) atoms. The van der Waals surface area contributed by atoms with Crippen LogP contribution in [0, 0.1) is 11.6 Å². The number of benzene rings is 2. The van der Waals surface area contributed by atoms with Gasteiger partial charge in [-0.25, -0.2) is 8.78 Å². The van der Waals surface area contributed by atoms with Gasteiger partial charge in [-0.1, -0.05) is 12.1 Å². The zero-order chi connectivity index (χ0) is 19.7. The highest BCUT2D eigenvalue weighted by atomic mass is 19.1. The number of likely N-dealkylation sites (tertiary alicyclic amines) is 1. The maximum atomic E-state index is 14.6. The van der Waals surface area contributed by atoms with Gasteiger partial charge >= 0.3 is 0 Å². The second-order valence-electron chi connectivity index (χ2n) is 7.63. The van der Waals surface area contributed by atoms with E-state index < -0.39 is 0 Å². The summed E-state index contributed by atoms with van der Waals surface area (Å²) in [5.74, 6) is 0.245. The number of fused-ring (bicyclic) bond motifs is 1. The number of hydrogen-bond acceptors (Lipinski definition) is 4. The van der Waals surface area contributed by atoms with E-state index in [0.29, 0.717) is 30.9 Å². The molecule has 6 heteroatoms. The molecule has 2 atom stereocenters. The van der Waals surface area contributed by atoms with Gasteiger partial charge in [0.25, 0.3) is 0 Å². The van der Waals surface area contributed by atoms with Gasteiger partial charge in [0.1, 0.15) is 17.4 Å². The Morgan fingerprint density at radius 3 is 2.46 bits per heavy atom. The van der Waals surface area contributed by atoms with Crippen molar-refractivity contribution < 1.29 is 13.5 Å². The average molecular weight is 387 g/mol. The highest BCUT2D eigenvalue weighted by molar-refractivity contribution is 5.46. The monoisotopic (exact) mass is 387 g/mol. The average Bonchev–Trinajstić information content (AvgIpc) is 3.35. The summed E-state index contributed by atoms with van der Waals surface area (Å²) in [5.41, 5.74) is 8.70. The van der Waals surface area contributed by atoms with Crippen LogP contribution in [0.25, 0.3) is 0 Å². The maximum absolute atomic E-state index is 14.6. The van der Waals surface area contributed by atoms with E-state index in [-0.39, 0.29) is 23.7 Å². The minimum absolute atomic E-state index is 0.125. The van der Waals surface area contributed by atoms with E-state index in [0.717, 1.165) is 24.2 Å². The van der Waals surface area contributed by atoms with Gasteiger partial charge < -0.3 is 10.5 Å². The van der Waals surface area contributed by atoms with E-state index in [9.17, 15) is 8.78 Å². The van der Waals surface area contributed by atoms with Gasteiger partial charge in [0.05, 0.1) is 13.2 Å².